The van der Waals surface area contributed by atoms with Crippen LogP contribution in [0.15, 0.2) is 56.8 Å². The average molecular weight is 339 g/mol. The zero-order chi connectivity index (χ0) is 16.5. The fourth-order valence-corrected chi connectivity index (χ4v) is 3.16. The first kappa shape index (κ1) is 14.6. The van der Waals surface area contributed by atoms with Crippen LogP contribution >= 0.6 is 11.3 Å². The third kappa shape index (κ3) is 2.56. The Labute approximate surface area is 141 Å². The lowest BCUT2D eigenvalue weighted by Gasteiger charge is -2.20. The molecule has 1 unspecified atom stereocenters. The summed E-state index contributed by atoms with van der Waals surface area (Å²) in [4.78, 5) is 16.2. The Morgan fingerprint density at radius 1 is 1.29 bits per heavy atom. The van der Waals surface area contributed by atoms with Gasteiger partial charge in [0.05, 0.1) is 5.69 Å². The van der Waals surface area contributed by atoms with Crippen molar-refractivity contribution in [2.75, 3.05) is 5.01 Å². The molecule has 1 aromatic carbocycles. The van der Waals surface area contributed by atoms with E-state index in [-0.39, 0.29) is 0 Å². The Bertz CT molecular complexity index is 888. The first-order valence-corrected chi connectivity index (χ1v) is 8.24. The highest BCUT2D eigenvalue weighted by atomic mass is 32.1. The minimum atomic E-state index is -0.570. The minimum absolute atomic E-state index is 0.306. The van der Waals surface area contributed by atoms with Gasteiger partial charge in [0.2, 0.25) is 11.7 Å². The number of carbonyl (C=O) groups excluding carboxylic acids is 1. The summed E-state index contributed by atoms with van der Waals surface area (Å²) in [6.07, 6.45) is 0.329. The summed E-state index contributed by atoms with van der Waals surface area (Å²) >= 11 is 1.56. The fourth-order valence-electron chi connectivity index (χ4n) is 2.53. The van der Waals surface area contributed by atoms with E-state index in [1.165, 1.54) is 0 Å². The molecular formula is C16H13N5O2S. The number of anilines is 1. The van der Waals surface area contributed by atoms with E-state index in [0.717, 1.165) is 11.3 Å². The molecule has 0 fully saturated rings. The van der Waals surface area contributed by atoms with Gasteiger partial charge in [-0.25, -0.2) is 0 Å². The number of amides is 1. The van der Waals surface area contributed by atoms with Crippen molar-refractivity contribution in [3.05, 3.63) is 53.0 Å². The lowest BCUT2D eigenvalue weighted by molar-refractivity contribution is -0.119. The number of rotatable bonds is 4. The second-order valence-corrected chi connectivity index (χ2v) is 6.06. The van der Waals surface area contributed by atoms with E-state index in [1.54, 1.807) is 16.3 Å². The number of carbonyl (C=O) groups is 1. The SMILES string of the molecule is NC(=O)C1CC(c2nc(-c3ccsc3)no2)=NN1c1ccccc1. The van der Waals surface area contributed by atoms with Gasteiger partial charge in [-0.2, -0.15) is 21.4 Å². The summed E-state index contributed by atoms with van der Waals surface area (Å²) in [7, 11) is 0. The third-order valence-corrected chi connectivity index (χ3v) is 4.40. The van der Waals surface area contributed by atoms with Crippen LogP contribution < -0.4 is 10.7 Å². The van der Waals surface area contributed by atoms with Gasteiger partial charge in [-0.1, -0.05) is 23.4 Å². The van der Waals surface area contributed by atoms with Gasteiger partial charge >= 0.3 is 0 Å². The van der Waals surface area contributed by atoms with E-state index >= 15 is 0 Å². The predicted molar refractivity (Wildman–Crippen MR) is 90.7 cm³/mol. The van der Waals surface area contributed by atoms with E-state index in [4.69, 9.17) is 10.3 Å². The summed E-state index contributed by atoms with van der Waals surface area (Å²) in [5, 5.41) is 13.9. The van der Waals surface area contributed by atoms with Crippen molar-refractivity contribution in [2.45, 2.75) is 12.5 Å². The Kier molecular flexibility index (Phi) is 3.58. The number of hydrazone groups is 1. The van der Waals surface area contributed by atoms with Crippen LogP contribution in [0.5, 0.6) is 0 Å². The van der Waals surface area contributed by atoms with Crippen molar-refractivity contribution < 1.29 is 9.32 Å². The highest BCUT2D eigenvalue weighted by Crippen LogP contribution is 2.27. The third-order valence-electron chi connectivity index (χ3n) is 3.71. The standard InChI is InChI=1S/C16H13N5O2S/c17-14(22)13-8-12(19-21(13)11-4-2-1-3-5-11)16-18-15(20-23-16)10-6-7-24-9-10/h1-7,9,13H,8H2,(H2,17,22). The topological polar surface area (TPSA) is 97.6 Å². The lowest BCUT2D eigenvalue weighted by atomic mass is 10.1. The van der Waals surface area contributed by atoms with Gasteiger partial charge in [-0.3, -0.25) is 9.80 Å². The van der Waals surface area contributed by atoms with Crippen LogP contribution in [0.25, 0.3) is 11.4 Å². The summed E-state index contributed by atoms with van der Waals surface area (Å²) in [5.74, 6) is 0.360. The Morgan fingerprint density at radius 2 is 2.12 bits per heavy atom. The molecule has 3 heterocycles. The van der Waals surface area contributed by atoms with Gasteiger partial charge in [-0.05, 0) is 23.6 Å². The van der Waals surface area contributed by atoms with E-state index < -0.39 is 11.9 Å². The molecule has 0 aliphatic carbocycles. The van der Waals surface area contributed by atoms with Crippen LogP contribution in [0.2, 0.25) is 0 Å². The maximum Gasteiger partial charge on any atom is 0.274 e. The van der Waals surface area contributed by atoms with Crippen molar-refractivity contribution in [3.63, 3.8) is 0 Å². The van der Waals surface area contributed by atoms with Crippen LogP contribution in [0.4, 0.5) is 5.69 Å². The molecule has 1 aliphatic rings. The number of aromatic nitrogens is 2. The Hall–Kier alpha value is -3.00. The van der Waals surface area contributed by atoms with E-state index in [0.29, 0.717) is 23.8 Å². The van der Waals surface area contributed by atoms with Crippen LogP contribution in [0.1, 0.15) is 12.3 Å². The van der Waals surface area contributed by atoms with Crippen LogP contribution in [-0.4, -0.2) is 27.8 Å². The van der Waals surface area contributed by atoms with Gasteiger partial charge in [0.25, 0.3) is 5.89 Å². The zero-order valence-corrected chi connectivity index (χ0v) is 13.3. The number of hydrogen-bond donors (Lipinski definition) is 1. The minimum Gasteiger partial charge on any atom is -0.368 e. The zero-order valence-electron chi connectivity index (χ0n) is 12.5. The first-order valence-electron chi connectivity index (χ1n) is 7.30. The number of para-hydroxylation sites is 1. The van der Waals surface area contributed by atoms with E-state index in [1.807, 2.05) is 47.2 Å². The van der Waals surface area contributed by atoms with Gasteiger partial charge in [0.1, 0.15) is 11.8 Å². The monoisotopic (exact) mass is 339 g/mol. The second-order valence-electron chi connectivity index (χ2n) is 5.28. The maximum absolute atomic E-state index is 11.8. The quantitative estimate of drug-likeness (QED) is 0.786. The number of hydrogen-bond acceptors (Lipinski definition) is 7. The number of nitrogens with zero attached hydrogens (tertiary/aromatic N) is 4. The molecule has 0 spiro atoms. The van der Waals surface area contributed by atoms with Crippen LogP contribution in [0, 0.1) is 0 Å². The van der Waals surface area contributed by atoms with Crippen LogP contribution in [0.3, 0.4) is 0 Å². The molecule has 0 bridgehead atoms. The Balaban J connectivity index is 1.67. The van der Waals surface area contributed by atoms with E-state index in [9.17, 15) is 4.79 Å². The fraction of sp³-hybridized carbons (Fsp3) is 0.125. The molecule has 1 aliphatic heterocycles. The lowest BCUT2D eigenvalue weighted by Crippen LogP contribution is -2.39. The summed E-state index contributed by atoms with van der Waals surface area (Å²) < 4.78 is 5.32. The molecule has 1 atom stereocenters. The number of primary amides is 1. The number of nitrogens with two attached hydrogens (primary N) is 1. The molecule has 3 aromatic rings. The van der Waals surface area contributed by atoms with Crippen molar-refractivity contribution >= 4 is 28.6 Å². The summed E-state index contributed by atoms with van der Waals surface area (Å²) in [6, 6.07) is 10.7. The number of thiophene rings is 1. The summed E-state index contributed by atoms with van der Waals surface area (Å²) in [5.41, 5.74) is 7.76. The molecule has 0 saturated carbocycles. The molecule has 7 nitrogen and oxygen atoms in total. The highest BCUT2D eigenvalue weighted by molar-refractivity contribution is 7.08. The summed E-state index contributed by atoms with van der Waals surface area (Å²) in [6.45, 7) is 0. The van der Waals surface area contributed by atoms with Crippen molar-refractivity contribution in [1.29, 1.82) is 0 Å². The van der Waals surface area contributed by atoms with Crippen LogP contribution in [-0.2, 0) is 4.79 Å². The molecule has 4 rings (SSSR count). The molecule has 24 heavy (non-hydrogen) atoms. The number of benzene rings is 1. The smallest absolute Gasteiger partial charge is 0.274 e. The van der Waals surface area contributed by atoms with Gasteiger partial charge < -0.3 is 10.3 Å². The molecule has 0 radical (unpaired) electrons. The molecule has 1 amide bonds. The largest absolute Gasteiger partial charge is 0.368 e. The predicted octanol–water partition coefficient (Wildman–Crippen LogP) is 2.27. The van der Waals surface area contributed by atoms with E-state index in [2.05, 4.69) is 15.2 Å². The molecule has 120 valence electrons. The average Bonchev–Trinajstić information content (AvgIpc) is 3.33. The highest BCUT2D eigenvalue weighted by Gasteiger charge is 2.34. The first-order chi connectivity index (χ1) is 11.7. The normalized spacial score (nSPS) is 17.1. The maximum atomic E-state index is 11.8. The van der Waals surface area contributed by atoms with Gasteiger partial charge in [-0.15, -0.1) is 0 Å². The second kappa shape index (κ2) is 5.89. The molecule has 8 heteroatoms. The van der Waals surface area contributed by atoms with Gasteiger partial charge in [0.15, 0.2) is 0 Å². The molecule has 0 saturated heterocycles. The van der Waals surface area contributed by atoms with Gasteiger partial charge in [0, 0.05) is 17.4 Å². The van der Waals surface area contributed by atoms with Crippen molar-refractivity contribution in [2.24, 2.45) is 10.8 Å². The molecule has 2 N–H and O–H groups in total. The van der Waals surface area contributed by atoms with Crippen molar-refractivity contribution in [3.8, 4) is 11.4 Å². The Morgan fingerprint density at radius 3 is 2.83 bits per heavy atom. The molecular weight excluding hydrogens is 326 g/mol. The van der Waals surface area contributed by atoms with Crippen molar-refractivity contribution in [1.82, 2.24) is 10.1 Å². The molecule has 2 aromatic heterocycles.